The van der Waals surface area contributed by atoms with Crippen molar-refractivity contribution in [3.63, 3.8) is 0 Å². The lowest BCUT2D eigenvalue weighted by Gasteiger charge is -1.93. The number of nitrogens with zero attached hydrogens (tertiary/aromatic N) is 2. The molecule has 0 aromatic heterocycles. The third kappa shape index (κ3) is 6.68. The van der Waals surface area contributed by atoms with Gasteiger partial charge in [-0.15, -0.1) is 0 Å². The van der Waals surface area contributed by atoms with Crippen molar-refractivity contribution in [3.8, 4) is 0 Å². The molecule has 0 amide bonds. The number of alkyl halides is 3. The van der Waals surface area contributed by atoms with Crippen molar-refractivity contribution in [2.45, 2.75) is 6.18 Å². The number of halogens is 3. The van der Waals surface area contributed by atoms with Crippen LogP contribution in [0, 0.1) is 10.8 Å². The zero-order chi connectivity index (χ0) is 8.08. The Hall–Kier alpha value is -1.32. The van der Waals surface area contributed by atoms with Gasteiger partial charge >= 0.3 is 12.1 Å². The Morgan fingerprint density at radius 1 is 1.33 bits per heavy atom. The van der Waals surface area contributed by atoms with Crippen LogP contribution in [0.25, 0.3) is 0 Å². The van der Waals surface area contributed by atoms with Crippen LogP contribution in [0.4, 0.5) is 13.2 Å². The van der Waals surface area contributed by atoms with Crippen molar-refractivity contribution in [1.82, 2.24) is 0 Å². The van der Waals surface area contributed by atoms with Crippen molar-refractivity contribution >= 4 is 5.97 Å². The molecule has 4 nitrogen and oxygen atoms in total. The van der Waals surface area contributed by atoms with Crippen molar-refractivity contribution in [3.05, 3.63) is 0 Å². The highest BCUT2D eigenvalue weighted by molar-refractivity contribution is 5.73. The summed E-state index contributed by atoms with van der Waals surface area (Å²) in [6.45, 7) is 0. The van der Waals surface area contributed by atoms with E-state index < -0.39 is 12.1 Å². The minimum atomic E-state index is -5.08. The Labute approximate surface area is 47.3 Å². The fourth-order valence-electron chi connectivity index (χ4n) is 0. The third-order valence-corrected chi connectivity index (χ3v) is 0.243. The maximum absolute atomic E-state index is 10.6. The summed E-state index contributed by atoms with van der Waals surface area (Å²) in [7, 11) is 0. The molecule has 0 heterocycles. The topological polar surface area (TPSA) is 84.9 Å². The molecule has 0 aliphatic carbocycles. The molecule has 0 saturated carbocycles. The second-order valence-electron chi connectivity index (χ2n) is 0.803. The van der Waals surface area contributed by atoms with E-state index in [0.717, 1.165) is 0 Å². The number of carboxylic acids is 1. The standard InChI is InChI=1S/C2HF3O2.N2/c3-2(4,5)1(6)7;1-2/h(H,6,7);. The van der Waals surface area contributed by atoms with Gasteiger partial charge in [-0.05, 0) is 0 Å². The third-order valence-electron chi connectivity index (χ3n) is 0.243. The summed E-state index contributed by atoms with van der Waals surface area (Å²) in [5, 5.41) is 19.1. The van der Waals surface area contributed by atoms with E-state index in [4.69, 9.17) is 20.7 Å². The summed E-state index contributed by atoms with van der Waals surface area (Å²) < 4.78 is 31.7. The lowest BCUT2D eigenvalue weighted by Crippen LogP contribution is -2.21. The van der Waals surface area contributed by atoms with Crippen LogP contribution in [0.15, 0.2) is 0 Å². The minimum absolute atomic E-state index is 2.76. The van der Waals surface area contributed by atoms with Crippen LogP contribution < -0.4 is 0 Å². The number of hydrogen-bond acceptors (Lipinski definition) is 3. The Bertz CT molecular complexity index is 117. The molecule has 0 unspecified atom stereocenters. The van der Waals surface area contributed by atoms with E-state index in [1.807, 2.05) is 0 Å². The van der Waals surface area contributed by atoms with Gasteiger partial charge in [-0.2, -0.15) is 13.2 Å². The molecule has 0 aromatic rings. The molecule has 1 N–H and O–H groups in total. The molecular weight excluding hydrogens is 141 g/mol. The van der Waals surface area contributed by atoms with E-state index in [9.17, 15) is 13.2 Å². The molecule has 0 fully saturated rings. The second kappa shape index (κ2) is 3.65. The van der Waals surface area contributed by atoms with Gasteiger partial charge in [0.2, 0.25) is 0 Å². The second-order valence-corrected chi connectivity index (χ2v) is 0.803. The van der Waals surface area contributed by atoms with Crippen LogP contribution in [0.5, 0.6) is 0 Å². The fourth-order valence-corrected chi connectivity index (χ4v) is 0. The SMILES string of the molecule is N#N.O=C(O)C(F)(F)F. The van der Waals surface area contributed by atoms with E-state index >= 15 is 0 Å². The van der Waals surface area contributed by atoms with Crippen LogP contribution in [-0.4, -0.2) is 17.3 Å². The fraction of sp³-hybridized carbons (Fsp3) is 0.500. The monoisotopic (exact) mass is 142 g/mol. The predicted molar refractivity (Wildman–Crippen MR) is 17.1 cm³/mol. The molecule has 0 saturated heterocycles. The molecule has 9 heavy (non-hydrogen) atoms. The van der Waals surface area contributed by atoms with E-state index in [1.165, 1.54) is 0 Å². The van der Waals surface area contributed by atoms with Crippen molar-refractivity contribution in [1.29, 1.82) is 10.8 Å². The van der Waals surface area contributed by atoms with Crippen molar-refractivity contribution < 1.29 is 23.1 Å². The van der Waals surface area contributed by atoms with E-state index in [-0.39, 0.29) is 0 Å². The molecule has 0 atom stereocenters. The van der Waals surface area contributed by atoms with Gasteiger partial charge in [0.05, 0.1) is 0 Å². The normalized spacial score (nSPS) is 9.00. The zero-order valence-electron chi connectivity index (χ0n) is 3.88. The lowest BCUT2D eigenvalue weighted by molar-refractivity contribution is -0.192. The van der Waals surface area contributed by atoms with Gasteiger partial charge in [-0.3, -0.25) is 0 Å². The number of carbonyl (C=O) groups is 1. The Morgan fingerprint density at radius 2 is 1.44 bits per heavy atom. The molecule has 0 aromatic carbocycles. The van der Waals surface area contributed by atoms with Gasteiger partial charge < -0.3 is 5.11 Å². The van der Waals surface area contributed by atoms with E-state index in [2.05, 4.69) is 0 Å². The first-order valence-corrected chi connectivity index (χ1v) is 1.44. The summed E-state index contributed by atoms with van der Waals surface area (Å²) in [4.78, 5) is 8.90. The molecule has 52 valence electrons. The molecule has 0 aliphatic rings. The van der Waals surface area contributed by atoms with Crippen LogP contribution in [-0.2, 0) is 4.79 Å². The van der Waals surface area contributed by atoms with E-state index in [1.54, 1.807) is 0 Å². The van der Waals surface area contributed by atoms with Crippen LogP contribution in [0.2, 0.25) is 0 Å². The molecule has 0 bridgehead atoms. The van der Waals surface area contributed by atoms with Gasteiger partial charge in [0.15, 0.2) is 0 Å². The number of hydrogen-bond donors (Lipinski definition) is 1. The summed E-state index contributed by atoms with van der Waals surface area (Å²) in [6, 6.07) is 0. The number of rotatable bonds is 0. The van der Waals surface area contributed by atoms with Gasteiger partial charge in [-0.1, -0.05) is 0 Å². The highest BCUT2D eigenvalue weighted by Crippen LogP contribution is 2.13. The first kappa shape index (κ1) is 10.6. The van der Waals surface area contributed by atoms with Gasteiger partial charge in [0, 0.05) is 10.8 Å². The number of aliphatic carboxylic acids is 1. The van der Waals surface area contributed by atoms with E-state index in [0.29, 0.717) is 0 Å². The summed E-state index contributed by atoms with van der Waals surface area (Å²) in [5.74, 6) is -2.76. The molecule has 0 radical (unpaired) electrons. The maximum Gasteiger partial charge on any atom is 0.490 e. The highest BCUT2D eigenvalue weighted by Gasteiger charge is 2.38. The molecule has 0 aliphatic heterocycles. The Kier molecular flexibility index (Phi) is 4.31. The molecular formula is C2HF3N2O2. The highest BCUT2D eigenvalue weighted by atomic mass is 19.4. The Morgan fingerprint density at radius 3 is 1.44 bits per heavy atom. The molecule has 0 rings (SSSR count). The maximum atomic E-state index is 10.6. The van der Waals surface area contributed by atoms with Gasteiger partial charge in [0.1, 0.15) is 0 Å². The first-order chi connectivity index (χ1) is 3.94. The average molecular weight is 142 g/mol. The lowest BCUT2D eigenvalue weighted by atomic mass is 10.7. The van der Waals surface area contributed by atoms with Crippen LogP contribution in [0.3, 0.4) is 0 Å². The summed E-state index contributed by atoms with van der Waals surface area (Å²) in [5.41, 5.74) is 0. The van der Waals surface area contributed by atoms with Crippen LogP contribution in [0.1, 0.15) is 0 Å². The van der Waals surface area contributed by atoms with Crippen LogP contribution >= 0.6 is 0 Å². The quantitative estimate of drug-likeness (QED) is 0.503. The average Bonchev–Trinajstić information content (AvgIpc) is 1.69. The zero-order valence-corrected chi connectivity index (χ0v) is 3.88. The van der Waals surface area contributed by atoms with Gasteiger partial charge in [-0.25, -0.2) is 4.79 Å². The number of carboxylic acid groups (broad SMARTS) is 1. The Balaban J connectivity index is 0. The smallest absolute Gasteiger partial charge is 0.475 e. The molecule has 7 heteroatoms. The predicted octanol–water partition coefficient (Wildman–Crippen LogP) is 0.663. The molecule has 0 spiro atoms. The van der Waals surface area contributed by atoms with Crippen molar-refractivity contribution in [2.24, 2.45) is 0 Å². The first-order valence-electron chi connectivity index (χ1n) is 1.44. The minimum Gasteiger partial charge on any atom is -0.475 e. The van der Waals surface area contributed by atoms with Crippen molar-refractivity contribution in [2.75, 3.05) is 0 Å². The summed E-state index contributed by atoms with van der Waals surface area (Å²) >= 11 is 0. The largest absolute Gasteiger partial charge is 0.490 e. The summed E-state index contributed by atoms with van der Waals surface area (Å²) in [6.07, 6.45) is -5.08. The van der Waals surface area contributed by atoms with Gasteiger partial charge in [0.25, 0.3) is 0 Å².